The van der Waals surface area contributed by atoms with E-state index in [1.807, 2.05) is 0 Å². The maximum Gasteiger partial charge on any atom is 0.268 e. The molecule has 8 nitrogen and oxygen atoms in total. The largest absolute Gasteiger partial charge is 0.390 e. The molecule has 0 spiro atoms. The second kappa shape index (κ2) is 10.1. The molecule has 2 amide bonds. The van der Waals surface area contributed by atoms with Crippen molar-refractivity contribution in [2.75, 3.05) is 19.6 Å². The minimum Gasteiger partial charge on any atom is -0.390 e. The van der Waals surface area contributed by atoms with Gasteiger partial charge in [0, 0.05) is 37.2 Å². The van der Waals surface area contributed by atoms with Crippen LogP contribution in [0.3, 0.4) is 0 Å². The van der Waals surface area contributed by atoms with Crippen molar-refractivity contribution in [1.82, 2.24) is 15.7 Å². The number of likely N-dealkylation sites (tertiary alicyclic amines) is 1. The smallest absolute Gasteiger partial charge is 0.268 e. The highest BCUT2D eigenvalue weighted by atomic mass is 16.5. The maximum absolute atomic E-state index is 12.3. The van der Waals surface area contributed by atoms with E-state index in [0.29, 0.717) is 25.1 Å². The standard InChI is InChI=1S/C21H25N3O5/c1-21(2,28)18(20(27)23-29)22-19(26)16-10-8-15(9-11-16)7-5-3-4-6-12-24-13-17(25)14-24/h8-11,17-18,25,28-29H,6,12-14H2,1-2H3,(H,22,26)(H,23,27)/t18-/m1/s1. The Morgan fingerprint density at radius 2 is 1.90 bits per heavy atom. The van der Waals surface area contributed by atoms with Gasteiger partial charge in [0.05, 0.1) is 11.7 Å². The van der Waals surface area contributed by atoms with E-state index >= 15 is 0 Å². The van der Waals surface area contributed by atoms with Gasteiger partial charge in [-0.25, -0.2) is 5.48 Å². The van der Waals surface area contributed by atoms with E-state index in [4.69, 9.17) is 5.21 Å². The summed E-state index contributed by atoms with van der Waals surface area (Å²) >= 11 is 0. The third kappa shape index (κ3) is 6.90. The van der Waals surface area contributed by atoms with Gasteiger partial charge in [0.15, 0.2) is 0 Å². The number of carbonyl (C=O) groups is 2. The third-order valence-electron chi connectivity index (χ3n) is 4.35. The first-order valence-corrected chi connectivity index (χ1v) is 9.17. The molecule has 2 rings (SSSR count). The minimum atomic E-state index is -1.57. The van der Waals surface area contributed by atoms with Crippen LogP contribution in [0.5, 0.6) is 0 Å². The molecule has 1 atom stereocenters. The molecule has 8 heteroatoms. The van der Waals surface area contributed by atoms with E-state index in [0.717, 1.165) is 6.54 Å². The number of hydroxylamine groups is 1. The number of aliphatic hydroxyl groups is 2. The molecule has 0 unspecified atom stereocenters. The van der Waals surface area contributed by atoms with Gasteiger partial charge in [0.2, 0.25) is 0 Å². The topological polar surface area (TPSA) is 122 Å². The number of amides is 2. The number of carbonyl (C=O) groups excluding carboxylic acids is 2. The number of nitrogens with one attached hydrogen (secondary N) is 2. The Labute approximate surface area is 169 Å². The van der Waals surface area contributed by atoms with Crippen LogP contribution in [0.4, 0.5) is 0 Å². The molecular formula is C21H25N3O5. The van der Waals surface area contributed by atoms with Gasteiger partial charge in [0.1, 0.15) is 6.04 Å². The van der Waals surface area contributed by atoms with Gasteiger partial charge in [-0.15, -0.1) is 0 Å². The molecule has 0 bridgehead atoms. The fourth-order valence-corrected chi connectivity index (χ4v) is 2.70. The molecule has 0 aromatic heterocycles. The van der Waals surface area contributed by atoms with Crippen molar-refractivity contribution in [2.24, 2.45) is 0 Å². The Hall–Kier alpha value is -2.88. The zero-order valence-electron chi connectivity index (χ0n) is 16.4. The quantitative estimate of drug-likeness (QED) is 0.249. The van der Waals surface area contributed by atoms with Gasteiger partial charge >= 0.3 is 0 Å². The molecular weight excluding hydrogens is 374 g/mol. The first-order chi connectivity index (χ1) is 13.7. The van der Waals surface area contributed by atoms with Crippen LogP contribution in [0.1, 0.15) is 36.2 Å². The van der Waals surface area contributed by atoms with Crippen molar-refractivity contribution < 1.29 is 25.0 Å². The third-order valence-corrected chi connectivity index (χ3v) is 4.35. The average molecular weight is 399 g/mol. The SMILES string of the molecule is CC(C)(O)[C@H](NC(=O)c1ccc(C#CC#CCCN2CC(O)C2)cc1)C(=O)NO. The van der Waals surface area contributed by atoms with Crippen LogP contribution in [-0.2, 0) is 4.79 Å². The summed E-state index contributed by atoms with van der Waals surface area (Å²) in [5.74, 6) is 9.87. The molecule has 1 aromatic rings. The number of nitrogens with zero attached hydrogens (tertiary/aromatic N) is 1. The van der Waals surface area contributed by atoms with Gasteiger partial charge in [-0.1, -0.05) is 11.8 Å². The first-order valence-electron chi connectivity index (χ1n) is 9.17. The molecule has 1 aliphatic rings. The van der Waals surface area contributed by atoms with Gasteiger partial charge in [-0.05, 0) is 50.0 Å². The molecule has 0 radical (unpaired) electrons. The van der Waals surface area contributed by atoms with Crippen molar-refractivity contribution in [3.05, 3.63) is 35.4 Å². The number of hydrogen-bond acceptors (Lipinski definition) is 6. The molecule has 1 aromatic carbocycles. The summed E-state index contributed by atoms with van der Waals surface area (Å²) in [6.07, 6.45) is 0.477. The number of aliphatic hydroxyl groups excluding tert-OH is 1. The molecule has 1 aliphatic heterocycles. The molecule has 1 fully saturated rings. The van der Waals surface area contributed by atoms with Gasteiger partial charge in [0.25, 0.3) is 11.8 Å². The monoisotopic (exact) mass is 399 g/mol. The van der Waals surface area contributed by atoms with Crippen LogP contribution in [0, 0.1) is 23.7 Å². The van der Waals surface area contributed by atoms with Gasteiger partial charge in [-0.3, -0.25) is 19.7 Å². The lowest BCUT2D eigenvalue weighted by atomic mass is 9.97. The lowest BCUT2D eigenvalue weighted by molar-refractivity contribution is -0.136. The van der Waals surface area contributed by atoms with Crippen LogP contribution < -0.4 is 10.8 Å². The number of rotatable bonds is 6. The molecule has 154 valence electrons. The number of β-amino-alcohol motifs (C(OH)–C–C–N with tert-alkyl or cyclic N) is 1. The summed E-state index contributed by atoms with van der Waals surface area (Å²) < 4.78 is 0. The Balaban J connectivity index is 1.89. The molecule has 1 heterocycles. The highest BCUT2D eigenvalue weighted by molar-refractivity contribution is 5.97. The zero-order chi connectivity index (χ0) is 21.4. The Morgan fingerprint density at radius 3 is 2.45 bits per heavy atom. The van der Waals surface area contributed by atoms with Crippen LogP contribution in [0.15, 0.2) is 24.3 Å². The van der Waals surface area contributed by atoms with E-state index in [9.17, 15) is 19.8 Å². The zero-order valence-corrected chi connectivity index (χ0v) is 16.4. The first kappa shape index (κ1) is 22.4. The van der Waals surface area contributed by atoms with E-state index in [1.165, 1.54) is 19.3 Å². The predicted octanol–water partition coefficient (Wildman–Crippen LogP) is -0.517. The van der Waals surface area contributed by atoms with Crippen LogP contribution >= 0.6 is 0 Å². The molecule has 29 heavy (non-hydrogen) atoms. The van der Waals surface area contributed by atoms with Crippen LogP contribution in [0.2, 0.25) is 0 Å². The van der Waals surface area contributed by atoms with E-state index in [-0.39, 0.29) is 11.7 Å². The normalized spacial score (nSPS) is 15.1. The highest BCUT2D eigenvalue weighted by Gasteiger charge is 2.34. The van der Waals surface area contributed by atoms with E-state index < -0.39 is 23.5 Å². The van der Waals surface area contributed by atoms with E-state index in [2.05, 4.69) is 33.9 Å². The summed E-state index contributed by atoms with van der Waals surface area (Å²) in [5.41, 5.74) is 0.815. The van der Waals surface area contributed by atoms with Crippen molar-refractivity contribution in [3.8, 4) is 23.7 Å². The van der Waals surface area contributed by atoms with Crippen molar-refractivity contribution >= 4 is 11.8 Å². The fraction of sp³-hybridized carbons (Fsp3) is 0.429. The number of hydrogen-bond donors (Lipinski definition) is 5. The second-order valence-electron chi connectivity index (χ2n) is 7.33. The minimum absolute atomic E-state index is 0.208. The van der Waals surface area contributed by atoms with E-state index in [1.54, 1.807) is 24.3 Å². The lowest BCUT2D eigenvalue weighted by Gasteiger charge is -2.35. The summed E-state index contributed by atoms with van der Waals surface area (Å²) in [4.78, 5) is 26.1. The Morgan fingerprint density at radius 1 is 1.24 bits per heavy atom. The highest BCUT2D eigenvalue weighted by Crippen LogP contribution is 2.11. The maximum atomic E-state index is 12.3. The number of benzene rings is 1. The molecule has 0 saturated carbocycles. The van der Waals surface area contributed by atoms with Crippen molar-refractivity contribution in [2.45, 2.75) is 38.0 Å². The summed E-state index contributed by atoms with van der Waals surface area (Å²) in [6.45, 7) is 4.91. The summed E-state index contributed by atoms with van der Waals surface area (Å²) in [7, 11) is 0. The summed E-state index contributed by atoms with van der Waals surface area (Å²) in [6, 6.07) is 5.06. The Bertz CT molecular complexity index is 847. The van der Waals surface area contributed by atoms with Crippen LogP contribution in [0.25, 0.3) is 0 Å². The molecule has 0 aliphatic carbocycles. The predicted molar refractivity (Wildman–Crippen MR) is 106 cm³/mol. The fourth-order valence-electron chi connectivity index (χ4n) is 2.70. The van der Waals surface area contributed by atoms with Crippen molar-refractivity contribution in [3.63, 3.8) is 0 Å². The second-order valence-corrected chi connectivity index (χ2v) is 7.33. The van der Waals surface area contributed by atoms with Gasteiger partial charge in [-0.2, -0.15) is 0 Å². The van der Waals surface area contributed by atoms with Gasteiger partial charge < -0.3 is 15.5 Å². The molecule has 1 saturated heterocycles. The van der Waals surface area contributed by atoms with Crippen LogP contribution in [-0.4, -0.2) is 69.5 Å². The summed E-state index contributed by atoms with van der Waals surface area (Å²) in [5, 5.41) is 30.4. The van der Waals surface area contributed by atoms with Crippen molar-refractivity contribution in [1.29, 1.82) is 0 Å². The average Bonchev–Trinajstić information content (AvgIpc) is 2.65. The Kier molecular flexibility index (Phi) is 7.77. The lowest BCUT2D eigenvalue weighted by Crippen LogP contribution is -2.57. The molecule has 5 N–H and O–H groups in total.